The molecule has 0 unspecified atom stereocenters. The number of hydrogen-bond donors (Lipinski definition) is 1. The maximum atomic E-state index is 12.9. The Hall–Kier alpha value is -3.49. The van der Waals surface area contributed by atoms with E-state index in [1.165, 1.54) is 30.5 Å². The smallest absolute Gasteiger partial charge is 0.416 e. The van der Waals surface area contributed by atoms with Crippen LogP contribution in [0.4, 0.5) is 13.2 Å². The molecule has 1 fully saturated rings. The molecule has 0 radical (unpaired) electrons. The van der Waals surface area contributed by atoms with Crippen molar-refractivity contribution in [2.75, 3.05) is 13.1 Å². The minimum absolute atomic E-state index is 0.0153. The number of carbonyl (C=O) groups excluding carboxylic acids is 2. The van der Waals surface area contributed by atoms with Crippen molar-refractivity contribution in [1.29, 1.82) is 0 Å². The van der Waals surface area contributed by atoms with Crippen molar-refractivity contribution in [3.05, 3.63) is 71.9 Å². The number of halogens is 3. The maximum absolute atomic E-state index is 12.9. The molecule has 1 saturated heterocycles. The van der Waals surface area contributed by atoms with E-state index in [4.69, 9.17) is 8.83 Å². The molecule has 31 heavy (non-hydrogen) atoms. The van der Waals surface area contributed by atoms with Gasteiger partial charge in [-0.25, -0.2) is 0 Å². The van der Waals surface area contributed by atoms with Gasteiger partial charge in [-0.1, -0.05) is 12.1 Å². The van der Waals surface area contributed by atoms with Crippen LogP contribution in [0, 0.1) is 0 Å². The van der Waals surface area contributed by atoms with Crippen LogP contribution in [0.3, 0.4) is 0 Å². The average Bonchev–Trinajstić information content (AvgIpc) is 3.46. The number of hydrogen-bond acceptors (Lipinski definition) is 4. The Morgan fingerprint density at radius 3 is 2.45 bits per heavy atom. The van der Waals surface area contributed by atoms with Gasteiger partial charge in [0.1, 0.15) is 5.76 Å². The van der Waals surface area contributed by atoms with E-state index in [1.54, 1.807) is 17.0 Å². The van der Waals surface area contributed by atoms with Crippen LogP contribution in [0.1, 0.15) is 39.5 Å². The fourth-order valence-electron chi connectivity index (χ4n) is 3.50. The van der Waals surface area contributed by atoms with Gasteiger partial charge in [0.05, 0.1) is 11.8 Å². The zero-order valence-corrected chi connectivity index (χ0v) is 16.3. The maximum Gasteiger partial charge on any atom is 0.416 e. The Kier molecular flexibility index (Phi) is 5.58. The topological polar surface area (TPSA) is 75.7 Å². The molecule has 0 atom stereocenters. The molecular formula is C22H19F3N2O4. The fourth-order valence-corrected chi connectivity index (χ4v) is 3.50. The molecule has 2 aromatic heterocycles. The van der Waals surface area contributed by atoms with Gasteiger partial charge in [-0.2, -0.15) is 13.2 Å². The van der Waals surface area contributed by atoms with Crippen molar-refractivity contribution in [2.45, 2.75) is 25.1 Å². The van der Waals surface area contributed by atoms with Gasteiger partial charge < -0.3 is 19.1 Å². The highest BCUT2D eigenvalue weighted by Crippen LogP contribution is 2.32. The third kappa shape index (κ3) is 4.65. The monoisotopic (exact) mass is 432 g/mol. The lowest BCUT2D eigenvalue weighted by Gasteiger charge is -2.31. The normalized spacial score (nSPS) is 15.1. The number of furan rings is 2. The van der Waals surface area contributed by atoms with Gasteiger partial charge in [0.25, 0.3) is 11.8 Å². The highest BCUT2D eigenvalue weighted by molar-refractivity contribution is 5.93. The van der Waals surface area contributed by atoms with E-state index < -0.39 is 17.6 Å². The molecule has 1 aliphatic rings. The molecule has 3 heterocycles. The Balaban J connectivity index is 1.35. The van der Waals surface area contributed by atoms with Gasteiger partial charge >= 0.3 is 6.18 Å². The predicted octanol–water partition coefficient (Wildman–Crippen LogP) is 4.59. The van der Waals surface area contributed by atoms with E-state index in [1.807, 2.05) is 0 Å². The highest BCUT2D eigenvalue weighted by Gasteiger charge is 2.31. The number of rotatable bonds is 4. The number of piperidine rings is 1. The first-order valence-electron chi connectivity index (χ1n) is 9.72. The van der Waals surface area contributed by atoms with Crippen LogP contribution in [0.25, 0.3) is 11.3 Å². The molecule has 4 rings (SSSR count). The van der Waals surface area contributed by atoms with Crippen molar-refractivity contribution in [3.63, 3.8) is 0 Å². The molecule has 1 aromatic carbocycles. The summed E-state index contributed by atoms with van der Waals surface area (Å²) in [6, 6.07) is 10.7. The first kappa shape index (κ1) is 20.8. The van der Waals surface area contributed by atoms with Gasteiger partial charge in [0, 0.05) is 24.7 Å². The summed E-state index contributed by atoms with van der Waals surface area (Å²) in [5.74, 6) is -0.169. The number of alkyl halides is 3. The van der Waals surface area contributed by atoms with Crippen LogP contribution < -0.4 is 5.32 Å². The van der Waals surface area contributed by atoms with Crippen LogP contribution in [0.2, 0.25) is 0 Å². The summed E-state index contributed by atoms with van der Waals surface area (Å²) in [4.78, 5) is 26.5. The number of carbonyl (C=O) groups is 2. The molecule has 2 amide bonds. The Morgan fingerprint density at radius 1 is 1.00 bits per heavy atom. The molecule has 162 valence electrons. The van der Waals surface area contributed by atoms with Gasteiger partial charge in [0.15, 0.2) is 11.5 Å². The SMILES string of the molecule is O=C(NC1CCN(C(=O)c2ccco2)CC1)c1ccc(-c2cccc(C(F)(F)F)c2)o1. The average molecular weight is 432 g/mol. The largest absolute Gasteiger partial charge is 0.459 e. The molecular weight excluding hydrogens is 413 g/mol. The summed E-state index contributed by atoms with van der Waals surface area (Å²) in [7, 11) is 0. The molecule has 1 N–H and O–H groups in total. The van der Waals surface area contributed by atoms with E-state index in [9.17, 15) is 22.8 Å². The molecule has 1 aliphatic heterocycles. The fraction of sp³-hybridized carbons (Fsp3) is 0.273. The predicted molar refractivity (Wildman–Crippen MR) is 104 cm³/mol. The van der Waals surface area contributed by atoms with E-state index in [-0.39, 0.29) is 34.8 Å². The molecule has 0 saturated carbocycles. The first-order valence-corrected chi connectivity index (χ1v) is 9.72. The Morgan fingerprint density at radius 2 is 1.77 bits per heavy atom. The van der Waals surface area contributed by atoms with Crippen LogP contribution >= 0.6 is 0 Å². The van der Waals surface area contributed by atoms with Crippen LogP contribution in [-0.2, 0) is 6.18 Å². The lowest BCUT2D eigenvalue weighted by molar-refractivity contribution is -0.137. The van der Waals surface area contributed by atoms with Crippen LogP contribution in [0.5, 0.6) is 0 Å². The molecule has 0 bridgehead atoms. The zero-order chi connectivity index (χ0) is 22.0. The van der Waals surface area contributed by atoms with E-state index in [0.717, 1.165) is 12.1 Å². The molecule has 0 aliphatic carbocycles. The molecule has 3 aromatic rings. The summed E-state index contributed by atoms with van der Waals surface area (Å²) in [6.07, 6.45) is -1.88. The summed E-state index contributed by atoms with van der Waals surface area (Å²) in [6.45, 7) is 0.941. The number of benzene rings is 1. The second kappa shape index (κ2) is 8.33. The first-order chi connectivity index (χ1) is 14.8. The van der Waals surface area contributed by atoms with E-state index in [2.05, 4.69) is 5.32 Å². The van der Waals surface area contributed by atoms with Gasteiger partial charge in [-0.05, 0) is 49.2 Å². The molecule has 9 heteroatoms. The lowest BCUT2D eigenvalue weighted by Crippen LogP contribution is -2.46. The lowest BCUT2D eigenvalue weighted by atomic mass is 10.0. The van der Waals surface area contributed by atoms with Gasteiger partial charge in [-0.15, -0.1) is 0 Å². The molecule has 0 spiro atoms. The minimum Gasteiger partial charge on any atom is -0.459 e. The summed E-state index contributed by atoms with van der Waals surface area (Å²) in [5, 5.41) is 2.86. The van der Waals surface area contributed by atoms with E-state index >= 15 is 0 Å². The zero-order valence-electron chi connectivity index (χ0n) is 16.3. The molecule has 6 nitrogen and oxygen atoms in total. The summed E-state index contributed by atoms with van der Waals surface area (Å²) < 4.78 is 49.4. The second-order valence-electron chi connectivity index (χ2n) is 7.26. The van der Waals surface area contributed by atoms with Crippen molar-refractivity contribution in [2.24, 2.45) is 0 Å². The number of amides is 2. The third-order valence-corrected chi connectivity index (χ3v) is 5.15. The standard InChI is InChI=1S/C22H19F3N2O4/c23-22(24,25)15-4-1-3-14(13-15)17-6-7-18(31-17)20(28)26-16-8-10-27(11-9-16)21(29)19-5-2-12-30-19/h1-7,12-13,16H,8-11H2,(H,26,28). The Labute approximate surface area is 175 Å². The second-order valence-corrected chi connectivity index (χ2v) is 7.26. The summed E-state index contributed by atoms with van der Waals surface area (Å²) >= 11 is 0. The van der Waals surface area contributed by atoms with Crippen molar-refractivity contribution < 1.29 is 31.6 Å². The van der Waals surface area contributed by atoms with Gasteiger partial charge in [0.2, 0.25) is 0 Å². The number of nitrogens with one attached hydrogen (secondary N) is 1. The summed E-state index contributed by atoms with van der Waals surface area (Å²) in [5.41, 5.74) is -0.554. The van der Waals surface area contributed by atoms with Crippen LogP contribution in [0.15, 0.2) is 63.6 Å². The highest BCUT2D eigenvalue weighted by atomic mass is 19.4. The van der Waals surface area contributed by atoms with Crippen LogP contribution in [-0.4, -0.2) is 35.8 Å². The number of likely N-dealkylation sites (tertiary alicyclic amines) is 1. The third-order valence-electron chi connectivity index (χ3n) is 5.15. The minimum atomic E-state index is -4.46. The number of nitrogens with zero attached hydrogens (tertiary/aromatic N) is 1. The van der Waals surface area contributed by atoms with Crippen molar-refractivity contribution in [3.8, 4) is 11.3 Å². The van der Waals surface area contributed by atoms with Crippen molar-refractivity contribution >= 4 is 11.8 Å². The quantitative estimate of drug-likeness (QED) is 0.654. The van der Waals surface area contributed by atoms with Crippen molar-refractivity contribution in [1.82, 2.24) is 10.2 Å². The van der Waals surface area contributed by atoms with E-state index in [0.29, 0.717) is 25.9 Å². The Bertz CT molecular complexity index is 1060. The van der Waals surface area contributed by atoms with Gasteiger partial charge in [-0.3, -0.25) is 9.59 Å².